The zero-order chi connectivity index (χ0) is 14.7. The molecule has 0 radical (unpaired) electrons. The number of furan rings is 1. The molecule has 2 N–H and O–H groups in total. The molecule has 2 amide bonds. The van der Waals surface area contributed by atoms with Crippen LogP contribution in [-0.4, -0.2) is 11.8 Å². The van der Waals surface area contributed by atoms with Gasteiger partial charge in [0.15, 0.2) is 11.0 Å². The van der Waals surface area contributed by atoms with Crippen LogP contribution in [0.4, 0.5) is 15.8 Å². The van der Waals surface area contributed by atoms with Crippen LogP contribution in [0.5, 0.6) is 0 Å². The van der Waals surface area contributed by atoms with Gasteiger partial charge in [0.1, 0.15) is 5.82 Å². The van der Waals surface area contributed by atoms with Crippen LogP contribution < -0.4 is 10.6 Å². The van der Waals surface area contributed by atoms with Crippen LogP contribution >= 0.6 is 11.6 Å². The Morgan fingerprint density at radius 3 is 2.55 bits per heavy atom. The van der Waals surface area contributed by atoms with E-state index in [0.717, 1.165) is 6.07 Å². The smallest absolute Gasteiger partial charge is 0.291 e. The SMILES string of the molecule is CC(=O)Nc1cc(NC(=O)c2ccc(Cl)o2)ccc1F. The molecule has 0 spiro atoms. The van der Waals surface area contributed by atoms with Crippen molar-refractivity contribution in [1.29, 1.82) is 0 Å². The molecule has 0 aliphatic rings. The van der Waals surface area contributed by atoms with E-state index in [2.05, 4.69) is 10.6 Å². The molecule has 1 heterocycles. The number of benzene rings is 1. The lowest BCUT2D eigenvalue weighted by Gasteiger charge is -2.08. The van der Waals surface area contributed by atoms with E-state index in [9.17, 15) is 14.0 Å². The van der Waals surface area contributed by atoms with E-state index in [1.54, 1.807) is 0 Å². The van der Waals surface area contributed by atoms with Gasteiger partial charge >= 0.3 is 0 Å². The molecule has 0 fully saturated rings. The van der Waals surface area contributed by atoms with Crippen LogP contribution in [0.1, 0.15) is 17.5 Å². The number of hydrogen-bond acceptors (Lipinski definition) is 3. The highest BCUT2D eigenvalue weighted by molar-refractivity contribution is 6.29. The molecule has 0 atom stereocenters. The average Bonchev–Trinajstić information content (AvgIpc) is 2.79. The van der Waals surface area contributed by atoms with Crippen molar-refractivity contribution in [1.82, 2.24) is 0 Å². The van der Waals surface area contributed by atoms with Gasteiger partial charge in [-0.1, -0.05) is 0 Å². The summed E-state index contributed by atoms with van der Waals surface area (Å²) in [4.78, 5) is 22.7. The first-order chi connectivity index (χ1) is 9.45. The van der Waals surface area contributed by atoms with Crippen molar-refractivity contribution in [3.63, 3.8) is 0 Å². The molecule has 20 heavy (non-hydrogen) atoms. The summed E-state index contributed by atoms with van der Waals surface area (Å²) in [7, 11) is 0. The van der Waals surface area contributed by atoms with Crippen molar-refractivity contribution in [2.75, 3.05) is 10.6 Å². The Morgan fingerprint density at radius 2 is 1.95 bits per heavy atom. The number of carbonyl (C=O) groups is 2. The third-order valence-electron chi connectivity index (χ3n) is 2.33. The zero-order valence-corrected chi connectivity index (χ0v) is 11.1. The van der Waals surface area contributed by atoms with Crippen LogP contribution in [0.15, 0.2) is 34.7 Å². The quantitative estimate of drug-likeness (QED) is 0.913. The molecule has 0 unspecified atom stereocenters. The molecule has 0 bridgehead atoms. The molecule has 7 heteroatoms. The van der Waals surface area contributed by atoms with Crippen molar-refractivity contribution in [3.8, 4) is 0 Å². The van der Waals surface area contributed by atoms with E-state index in [-0.39, 0.29) is 16.7 Å². The number of carbonyl (C=O) groups excluding carboxylic acids is 2. The van der Waals surface area contributed by atoms with Crippen LogP contribution in [0.3, 0.4) is 0 Å². The minimum absolute atomic E-state index is 0.0206. The van der Waals surface area contributed by atoms with Gasteiger partial charge in [0.05, 0.1) is 5.69 Å². The van der Waals surface area contributed by atoms with Gasteiger partial charge in [0, 0.05) is 12.6 Å². The topological polar surface area (TPSA) is 71.3 Å². The Morgan fingerprint density at radius 1 is 1.20 bits per heavy atom. The Kier molecular flexibility index (Phi) is 4.05. The lowest BCUT2D eigenvalue weighted by molar-refractivity contribution is -0.114. The highest BCUT2D eigenvalue weighted by Crippen LogP contribution is 2.21. The van der Waals surface area contributed by atoms with Gasteiger partial charge in [-0.05, 0) is 41.9 Å². The molecule has 104 valence electrons. The Labute approximate surface area is 118 Å². The van der Waals surface area contributed by atoms with Gasteiger partial charge in [0.25, 0.3) is 5.91 Å². The molecular weight excluding hydrogens is 287 g/mol. The van der Waals surface area contributed by atoms with Crippen molar-refractivity contribution in [2.45, 2.75) is 6.92 Å². The van der Waals surface area contributed by atoms with E-state index in [0.29, 0.717) is 5.69 Å². The summed E-state index contributed by atoms with van der Waals surface area (Å²) in [5, 5.41) is 4.91. The second kappa shape index (κ2) is 5.75. The Hall–Kier alpha value is -2.34. The summed E-state index contributed by atoms with van der Waals surface area (Å²) in [6.07, 6.45) is 0. The summed E-state index contributed by atoms with van der Waals surface area (Å²) >= 11 is 5.57. The normalized spacial score (nSPS) is 10.2. The molecule has 0 saturated heterocycles. The third kappa shape index (κ3) is 3.36. The van der Waals surface area contributed by atoms with Crippen LogP contribution in [-0.2, 0) is 4.79 Å². The van der Waals surface area contributed by atoms with Crippen LogP contribution in [0.2, 0.25) is 5.22 Å². The van der Waals surface area contributed by atoms with Crippen molar-refractivity contribution < 1.29 is 18.4 Å². The highest BCUT2D eigenvalue weighted by atomic mass is 35.5. The summed E-state index contributed by atoms with van der Waals surface area (Å²) < 4.78 is 18.4. The second-order valence-electron chi connectivity index (χ2n) is 3.93. The predicted molar refractivity (Wildman–Crippen MR) is 72.4 cm³/mol. The van der Waals surface area contributed by atoms with E-state index in [1.165, 1.54) is 31.2 Å². The van der Waals surface area contributed by atoms with Crippen LogP contribution in [0.25, 0.3) is 0 Å². The minimum atomic E-state index is -0.598. The maximum absolute atomic E-state index is 13.4. The Bertz CT molecular complexity index is 669. The van der Waals surface area contributed by atoms with Crippen LogP contribution in [0, 0.1) is 5.82 Å². The predicted octanol–water partition coefficient (Wildman–Crippen LogP) is 3.28. The zero-order valence-electron chi connectivity index (χ0n) is 10.4. The molecule has 1 aromatic heterocycles. The molecule has 2 aromatic rings. The first-order valence-corrected chi connectivity index (χ1v) is 5.97. The van der Waals surface area contributed by atoms with Gasteiger partial charge in [0.2, 0.25) is 5.91 Å². The fourth-order valence-electron chi connectivity index (χ4n) is 1.52. The van der Waals surface area contributed by atoms with Crippen molar-refractivity contribution in [3.05, 3.63) is 47.1 Å². The fraction of sp³-hybridized carbons (Fsp3) is 0.0769. The average molecular weight is 297 g/mol. The van der Waals surface area contributed by atoms with Crippen molar-refractivity contribution >= 4 is 34.8 Å². The maximum atomic E-state index is 13.4. The van der Waals surface area contributed by atoms with Gasteiger partial charge in [-0.3, -0.25) is 9.59 Å². The van der Waals surface area contributed by atoms with Gasteiger partial charge in [-0.15, -0.1) is 0 Å². The fourth-order valence-corrected chi connectivity index (χ4v) is 1.66. The lowest BCUT2D eigenvalue weighted by Crippen LogP contribution is -2.12. The first-order valence-electron chi connectivity index (χ1n) is 5.59. The molecule has 0 saturated carbocycles. The number of halogens is 2. The van der Waals surface area contributed by atoms with E-state index in [4.69, 9.17) is 16.0 Å². The Balaban J connectivity index is 2.17. The molecule has 5 nitrogen and oxygen atoms in total. The molecule has 0 aliphatic heterocycles. The monoisotopic (exact) mass is 296 g/mol. The number of hydrogen-bond donors (Lipinski definition) is 2. The summed E-state index contributed by atoms with van der Waals surface area (Å²) in [5.74, 6) is -1.51. The summed E-state index contributed by atoms with van der Waals surface area (Å²) in [6, 6.07) is 6.65. The summed E-state index contributed by atoms with van der Waals surface area (Å²) in [6.45, 7) is 1.26. The summed E-state index contributed by atoms with van der Waals surface area (Å²) in [5.41, 5.74) is 0.292. The van der Waals surface area contributed by atoms with Gasteiger partial charge < -0.3 is 15.1 Å². The second-order valence-corrected chi connectivity index (χ2v) is 4.31. The van der Waals surface area contributed by atoms with E-state index < -0.39 is 17.6 Å². The molecule has 0 aliphatic carbocycles. The molecule has 2 rings (SSSR count). The minimum Gasteiger partial charge on any atom is -0.440 e. The number of anilines is 2. The van der Waals surface area contributed by atoms with Crippen molar-refractivity contribution in [2.24, 2.45) is 0 Å². The molecule has 1 aromatic carbocycles. The number of nitrogens with one attached hydrogen (secondary N) is 2. The lowest BCUT2D eigenvalue weighted by atomic mass is 10.2. The largest absolute Gasteiger partial charge is 0.440 e. The van der Waals surface area contributed by atoms with E-state index >= 15 is 0 Å². The third-order valence-corrected chi connectivity index (χ3v) is 2.54. The van der Waals surface area contributed by atoms with Gasteiger partial charge in [-0.25, -0.2) is 4.39 Å². The maximum Gasteiger partial charge on any atom is 0.291 e. The number of amides is 2. The van der Waals surface area contributed by atoms with Gasteiger partial charge in [-0.2, -0.15) is 0 Å². The molecular formula is C13H10ClFN2O3. The first kappa shape index (κ1) is 14.1. The van der Waals surface area contributed by atoms with E-state index in [1.807, 2.05) is 0 Å². The highest BCUT2D eigenvalue weighted by Gasteiger charge is 2.12. The number of rotatable bonds is 3. The standard InChI is InChI=1S/C13H10ClFN2O3/c1-7(18)16-10-6-8(2-3-9(10)15)17-13(19)11-4-5-12(14)20-11/h2-6H,1H3,(H,16,18)(H,17,19).